The lowest BCUT2D eigenvalue weighted by Gasteiger charge is -2.28. The summed E-state index contributed by atoms with van der Waals surface area (Å²) in [6.07, 6.45) is 0.662. The summed E-state index contributed by atoms with van der Waals surface area (Å²) < 4.78 is 70.4. The molecule has 258 valence electrons. The number of phosphoric ester groups is 1. The van der Waals surface area contributed by atoms with Gasteiger partial charge in [-0.05, 0) is 47.2 Å². The largest absolute Gasteiger partial charge is 0.529 e. The first kappa shape index (κ1) is 35.9. The zero-order valence-electron chi connectivity index (χ0n) is 24.9. The van der Waals surface area contributed by atoms with Gasteiger partial charge in [-0.3, -0.25) is 28.6 Å². The quantitative estimate of drug-likeness (QED) is 0.117. The Labute approximate surface area is 279 Å². The maximum absolute atomic E-state index is 14.2. The molecule has 3 aromatic rings. The highest BCUT2D eigenvalue weighted by Crippen LogP contribution is 2.47. The number of halogens is 4. The van der Waals surface area contributed by atoms with Gasteiger partial charge in [0.25, 0.3) is 5.56 Å². The van der Waals surface area contributed by atoms with Crippen LogP contribution in [0.2, 0.25) is 0 Å². The van der Waals surface area contributed by atoms with Crippen LogP contribution < -0.4 is 16.7 Å². The summed E-state index contributed by atoms with van der Waals surface area (Å²) in [4.78, 5) is 56.9. The van der Waals surface area contributed by atoms with E-state index in [1.54, 1.807) is 12.1 Å². The van der Waals surface area contributed by atoms with Crippen molar-refractivity contribution < 1.29 is 51.2 Å². The van der Waals surface area contributed by atoms with Crippen LogP contribution in [-0.2, 0) is 34.6 Å². The number of aromatic amines is 1. The zero-order chi connectivity index (χ0) is 34.6. The van der Waals surface area contributed by atoms with Gasteiger partial charge < -0.3 is 14.4 Å². The summed E-state index contributed by atoms with van der Waals surface area (Å²) in [6.45, 7) is -0.764. The van der Waals surface area contributed by atoms with E-state index in [-0.39, 0.29) is 37.0 Å². The van der Waals surface area contributed by atoms with Gasteiger partial charge >= 0.3 is 19.5 Å². The van der Waals surface area contributed by atoms with E-state index >= 15 is 0 Å². The predicted octanol–water partition coefficient (Wildman–Crippen LogP) is 4.33. The summed E-state index contributed by atoms with van der Waals surface area (Å²) >= 11 is 3.05. The number of ether oxygens (including phenoxy) is 1. The van der Waals surface area contributed by atoms with Crippen LogP contribution in [0.25, 0.3) is 17.2 Å². The zero-order valence-corrected chi connectivity index (χ0v) is 27.4. The molecule has 0 bridgehead atoms. The smallest absolute Gasteiger partial charge is 0.390 e. The van der Waals surface area contributed by atoms with E-state index in [1.807, 2.05) is 0 Å². The normalized spacial score (nSPS) is 21.8. The van der Waals surface area contributed by atoms with Crippen molar-refractivity contribution in [3.8, 4) is 11.1 Å². The van der Waals surface area contributed by atoms with Gasteiger partial charge in [0.05, 0.1) is 24.9 Å². The molecule has 2 aliphatic rings. The van der Waals surface area contributed by atoms with Crippen LogP contribution in [0.15, 0.2) is 57.2 Å². The molecule has 2 fully saturated rings. The van der Waals surface area contributed by atoms with E-state index in [0.29, 0.717) is 24.0 Å². The second kappa shape index (κ2) is 15.0. The monoisotopic (exact) mass is 759 g/mol. The topological polar surface area (TPSA) is 178 Å². The summed E-state index contributed by atoms with van der Waals surface area (Å²) in [7, 11) is -5.03. The number of aliphatic hydroxyl groups is 1. The van der Waals surface area contributed by atoms with Crippen LogP contribution in [0.3, 0.4) is 0 Å². The van der Waals surface area contributed by atoms with Gasteiger partial charge in [-0.2, -0.15) is 5.48 Å². The first-order chi connectivity index (χ1) is 22.8. The molecule has 18 heteroatoms. The number of carbonyl (C=O) groups is 1. The molecule has 13 nitrogen and oxygen atoms in total. The van der Waals surface area contributed by atoms with Gasteiger partial charge in [0.1, 0.15) is 17.9 Å². The Hall–Kier alpha value is -3.41. The minimum atomic E-state index is -5.03. The molecule has 48 heavy (non-hydrogen) atoms. The van der Waals surface area contributed by atoms with Gasteiger partial charge in [0, 0.05) is 18.2 Å². The second-order valence-electron chi connectivity index (χ2n) is 11.2. The van der Waals surface area contributed by atoms with E-state index in [1.165, 1.54) is 29.4 Å². The lowest BCUT2D eigenvalue weighted by atomic mass is 10.00. The number of nitrogens with one attached hydrogen (secondary N) is 2. The van der Waals surface area contributed by atoms with Gasteiger partial charge in [-0.15, -0.1) is 0 Å². The number of benzene rings is 2. The third-order valence-electron chi connectivity index (χ3n) is 8.01. The van der Waals surface area contributed by atoms with Crippen LogP contribution in [0, 0.1) is 17.5 Å². The van der Waals surface area contributed by atoms with Crippen molar-refractivity contribution in [2.75, 3.05) is 6.61 Å². The Kier molecular flexibility index (Phi) is 11.2. The van der Waals surface area contributed by atoms with Crippen LogP contribution >= 0.6 is 23.8 Å². The van der Waals surface area contributed by atoms with Crippen molar-refractivity contribution in [3.63, 3.8) is 0 Å². The summed E-state index contributed by atoms with van der Waals surface area (Å²) in [6, 6.07) is 8.04. The molecule has 0 spiro atoms. The van der Waals surface area contributed by atoms with Crippen LogP contribution in [0.5, 0.6) is 0 Å². The highest BCUT2D eigenvalue weighted by molar-refractivity contribution is 9.11. The van der Waals surface area contributed by atoms with Crippen molar-refractivity contribution in [2.24, 2.45) is 0 Å². The molecular weight excluding hydrogens is 730 g/mol. The van der Waals surface area contributed by atoms with Crippen molar-refractivity contribution in [2.45, 2.75) is 62.7 Å². The molecule has 1 saturated heterocycles. The maximum Gasteiger partial charge on any atom is 0.529 e. The van der Waals surface area contributed by atoms with Gasteiger partial charge in [0.15, 0.2) is 17.5 Å². The molecule has 1 aromatic heterocycles. The number of nitrogens with zero attached hydrogens (tertiary/aromatic N) is 1. The molecular formula is C30H30BrF3N3O10P. The number of aromatic nitrogens is 2. The summed E-state index contributed by atoms with van der Waals surface area (Å²) in [5, 5.41) is 10.5. The van der Waals surface area contributed by atoms with E-state index in [2.05, 4.69) is 26.4 Å². The number of hydrogen-bond acceptors (Lipinski definition) is 10. The lowest BCUT2D eigenvalue weighted by molar-refractivity contribution is -0.152. The minimum Gasteiger partial charge on any atom is -0.390 e. The van der Waals surface area contributed by atoms with E-state index in [4.69, 9.17) is 18.6 Å². The van der Waals surface area contributed by atoms with E-state index < -0.39 is 73.1 Å². The highest BCUT2D eigenvalue weighted by Gasteiger charge is 2.47. The van der Waals surface area contributed by atoms with Crippen LogP contribution in [0.1, 0.15) is 49.5 Å². The first-order valence-electron chi connectivity index (χ1n) is 14.6. The molecule has 2 heterocycles. The number of hydroxylamine groups is 1. The number of carbonyl (C=O) groups excluding carboxylic acids is 1. The third kappa shape index (κ3) is 8.06. The fourth-order valence-corrected chi connectivity index (χ4v) is 6.49. The van der Waals surface area contributed by atoms with E-state index in [0.717, 1.165) is 16.7 Å². The number of aliphatic hydroxyl groups excluding tert-OH is 1. The number of H-pyrrole nitrogens is 1. The summed E-state index contributed by atoms with van der Waals surface area (Å²) in [5.74, 6) is -5.30. The molecule has 1 saturated carbocycles. The molecule has 4 N–H and O–H groups in total. The van der Waals surface area contributed by atoms with Crippen molar-refractivity contribution in [1.29, 1.82) is 0 Å². The Bertz CT molecular complexity index is 1850. The Morgan fingerprint density at radius 1 is 1.15 bits per heavy atom. The van der Waals surface area contributed by atoms with Crippen LogP contribution in [-0.4, -0.2) is 49.9 Å². The Morgan fingerprint density at radius 2 is 1.85 bits per heavy atom. The molecule has 0 radical (unpaired) electrons. The SMILES string of the molecule is O=C(OP(=O)(O)OC[C@H]1O[C@@H](n2cc(/C=C/Br)c(=O)[nH]c2=O)C[C@@H]1O)C1(NOCc2ccc(-c3ccc(F)c(F)c3F)cc2)CCCC1. The molecule has 4 atom stereocenters. The van der Waals surface area contributed by atoms with Gasteiger partial charge in [-0.1, -0.05) is 53.0 Å². The Balaban J connectivity index is 1.15. The molecule has 1 aliphatic heterocycles. The second-order valence-corrected chi connectivity index (χ2v) is 13.1. The van der Waals surface area contributed by atoms with Crippen molar-refractivity contribution in [3.05, 3.63) is 97.0 Å². The fourth-order valence-electron chi connectivity index (χ4n) is 5.44. The third-order valence-corrected chi connectivity index (χ3v) is 9.14. The average molecular weight is 760 g/mol. The standard InChI is InChI=1S/C30H30BrF3N3O10P/c31-12-9-19-14-37(29(41)35-27(19)39)24-13-22(38)23(46-24)16-45-48(42,43)47-28(40)30(10-1-2-11-30)36-44-15-17-3-5-18(6-4-17)20-7-8-21(32)26(34)25(20)33/h3-9,12,14,22-24,36,38H,1-2,10-11,13,15-16H2,(H,42,43)(H,35,39,41)/b12-9+/t22-,23+,24+/m0/s1. The van der Waals surface area contributed by atoms with Crippen LogP contribution in [0.4, 0.5) is 13.2 Å². The van der Waals surface area contributed by atoms with E-state index in [9.17, 15) is 42.1 Å². The maximum atomic E-state index is 14.2. The molecule has 2 aromatic carbocycles. The first-order valence-corrected chi connectivity index (χ1v) is 17.0. The number of phosphoric acid groups is 1. The lowest BCUT2D eigenvalue weighted by Crippen LogP contribution is -2.50. The van der Waals surface area contributed by atoms with Crippen molar-refractivity contribution in [1.82, 2.24) is 15.0 Å². The number of hydrogen-bond donors (Lipinski definition) is 4. The van der Waals surface area contributed by atoms with Crippen molar-refractivity contribution >= 4 is 35.8 Å². The highest BCUT2D eigenvalue weighted by atomic mass is 79.9. The molecule has 1 aliphatic carbocycles. The van der Waals surface area contributed by atoms with Gasteiger partial charge in [0.2, 0.25) is 0 Å². The predicted molar refractivity (Wildman–Crippen MR) is 167 cm³/mol. The number of rotatable bonds is 12. The summed E-state index contributed by atoms with van der Waals surface area (Å²) in [5.41, 5.74) is 0.606. The fraction of sp³-hybridized carbons (Fsp3) is 0.367. The Morgan fingerprint density at radius 3 is 2.54 bits per heavy atom. The minimum absolute atomic E-state index is 0.0901. The molecule has 5 rings (SSSR count). The average Bonchev–Trinajstić information content (AvgIpc) is 3.68. The van der Waals surface area contributed by atoms with Gasteiger partial charge in [-0.25, -0.2) is 27.3 Å². The molecule has 0 amide bonds. The molecule has 1 unspecified atom stereocenters.